The van der Waals surface area contributed by atoms with E-state index < -0.39 is 35.7 Å². The molecule has 2 N–H and O–H groups in total. The maximum atomic E-state index is 15.5. The average Bonchev–Trinajstić information content (AvgIpc) is 3.11. The first-order valence-electron chi connectivity index (χ1n) is 18.0. The molecule has 0 unspecified atom stereocenters. The lowest BCUT2D eigenvalue weighted by Crippen LogP contribution is -2.51. The number of benzene rings is 1. The van der Waals surface area contributed by atoms with Crippen LogP contribution in [0.1, 0.15) is 88.7 Å². The van der Waals surface area contributed by atoms with Crippen molar-refractivity contribution in [2.24, 2.45) is 17.8 Å². The molecular formula is C36H53ClF2N4O6. The van der Waals surface area contributed by atoms with Crippen molar-refractivity contribution in [3.05, 3.63) is 34.9 Å². The van der Waals surface area contributed by atoms with Gasteiger partial charge in [-0.3, -0.25) is 14.4 Å². The predicted octanol–water partition coefficient (Wildman–Crippen LogP) is 5.78. The Morgan fingerprint density at radius 3 is 2.41 bits per heavy atom. The number of amides is 3. The molecule has 1 aromatic carbocycles. The second-order valence-corrected chi connectivity index (χ2v) is 14.2. The van der Waals surface area contributed by atoms with Crippen LogP contribution in [-0.2, 0) is 23.9 Å². The first-order chi connectivity index (χ1) is 23.6. The number of nitrogens with zero attached hydrogens (tertiary/aromatic N) is 2. The minimum absolute atomic E-state index is 0.0394. The minimum atomic E-state index is -4.23. The van der Waals surface area contributed by atoms with Crippen molar-refractivity contribution in [3.8, 4) is 0 Å². The summed E-state index contributed by atoms with van der Waals surface area (Å²) in [5, 5.41) is 5.42. The summed E-state index contributed by atoms with van der Waals surface area (Å²) in [4.78, 5) is 55.3. The highest BCUT2D eigenvalue weighted by Gasteiger charge is 2.50. The van der Waals surface area contributed by atoms with Gasteiger partial charge in [-0.1, -0.05) is 62.3 Å². The summed E-state index contributed by atoms with van der Waals surface area (Å²) < 4.78 is 41.9. The zero-order valence-corrected chi connectivity index (χ0v) is 29.5. The van der Waals surface area contributed by atoms with Crippen LogP contribution in [0.25, 0.3) is 0 Å². The number of ketones is 1. The van der Waals surface area contributed by atoms with E-state index in [9.17, 15) is 19.2 Å². The Labute approximate surface area is 293 Å². The van der Waals surface area contributed by atoms with Crippen molar-refractivity contribution < 1.29 is 37.4 Å². The zero-order valence-electron chi connectivity index (χ0n) is 28.7. The number of methoxy groups -OCH3 is 1. The summed E-state index contributed by atoms with van der Waals surface area (Å²) in [6, 6.07) is 7.27. The van der Waals surface area contributed by atoms with Gasteiger partial charge in [0.2, 0.25) is 11.7 Å². The van der Waals surface area contributed by atoms with Crippen LogP contribution < -0.4 is 10.6 Å². The molecule has 49 heavy (non-hydrogen) atoms. The molecule has 3 aliphatic rings. The summed E-state index contributed by atoms with van der Waals surface area (Å²) in [5.74, 6) is -9.00. The van der Waals surface area contributed by atoms with Gasteiger partial charge in [-0.15, -0.1) is 0 Å². The quantitative estimate of drug-likeness (QED) is 0.165. The van der Waals surface area contributed by atoms with E-state index >= 15 is 8.78 Å². The van der Waals surface area contributed by atoms with Crippen LogP contribution in [0.2, 0.25) is 5.02 Å². The summed E-state index contributed by atoms with van der Waals surface area (Å²) in [7, 11) is 1.28. The summed E-state index contributed by atoms with van der Waals surface area (Å²) in [6.45, 7) is 3.36. The smallest absolute Gasteiger partial charge is 0.406 e. The highest BCUT2D eigenvalue weighted by atomic mass is 35.5. The Hall–Kier alpha value is -2.83. The number of ether oxygens (including phenoxy) is 2. The topological polar surface area (TPSA) is 117 Å². The first-order valence-corrected chi connectivity index (χ1v) is 18.4. The van der Waals surface area contributed by atoms with E-state index in [-0.39, 0.29) is 50.3 Å². The second kappa shape index (κ2) is 19.5. The SMILES string of the molecule is COC(=O)NCCO[C@@H](c1cccc(Cl)c1)[C@@H]1CCCN(C(=O)C[C@@H](CC2CCCCC2)C(=O)C(F)(F)C(=O)NCCN2CCCCC2)C1. The third-order valence-electron chi connectivity index (χ3n) is 10.2. The number of rotatable bonds is 16. The minimum Gasteiger partial charge on any atom is -0.453 e. The van der Waals surface area contributed by atoms with E-state index in [4.69, 9.17) is 16.3 Å². The van der Waals surface area contributed by atoms with Gasteiger partial charge in [0.05, 0.1) is 19.8 Å². The number of likely N-dealkylation sites (tertiary alicyclic amines) is 2. The largest absolute Gasteiger partial charge is 0.453 e. The molecule has 1 saturated carbocycles. The zero-order chi connectivity index (χ0) is 35.2. The van der Waals surface area contributed by atoms with Crippen molar-refractivity contribution in [2.75, 3.05) is 59.5 Å². The van der Waals surface area contributed by atoms with Gasteiger partial charge in [0.15, 0.2) is 0 Å². The number of Topliss-reactive ketones (excluding diaryl/α,β-unsaturated/α-hetero) is 1. The van der Waals surface area contributed by atoms with Gasteiger partial charge in [0.1, 0.15) is 0 Å². The molecule has 0 radical (unpaired) electrons. The van der Waals surface area contributed by atoms with Crippen molar-refractivity contribution in [2.45, 2.75) is 89.1 Å². The summed E-state index contributed by atoms with van der Waals surface area (Å²) >= 11 is 6.30. The molecule has 2 aliphatic heterocycles. The Morgan fingerprint density at radius 2 is 1.69 bits per heavy atom. The number of alkyl carbamates (subject to hydrolysis) is 1. The molecule has 4 rings (SSSR count). The maximum Gasteiger partial charge on any atom is 0.406 e. The number of hydrogen-bond donors (Lipinski definition) is 2. The lowest BCUT2D eigenvalue weighted by molar-refractivity contribution is -0.163. The van der Waals surface area contributed by atoms with E-state index in [1.54, 1.807) is 17.0 Å². The van der Waals surface area contributed by atoms with Gasteiger partial charge >= 0.3 is 12.0 Å². The predicted molar refractivity (Wildman–Crippen MR) is 182 cm³/mol. The number of nitrogens with one attached hydrogen (secondary N) is 2. The summed E-state index contributed by atoms with van der Waals surface area (Å²) in [6.07, 6.45) is 8.02. The summed E-state index contributed by atoms with van der Waals surface area (Å²) in [5.41, 5.74) is 0.821. The Balaban J connectivity index is 1.42. The van der Waals surface area contributed by atoms with Gasteiger partial charge in [-0.25, -0.2) is 4.79 Å². The van der Waals surface area contributed by atoms with Crippen molar-refractivity contribution >= 4 is 35.3 Å². The third-order valence-corrected chi connectivity index (χ3v) is 10.4. The molecular weight excluding hydrogens is 658 g/mol. The fraction of sp³-hybridized carbons (Fsp3) is 0.722. The fourth-order valence-corrected chi connectivity index (χ4v) is 7.72. The number of alkyl halides is 2. The van der Waals surface area contributed by atoms with Crippen LogP contribution in [0.3, 0.4) is 0 Å². The van der Waals surface area contributed by atoms with Crippen LogP contribution in [0.4, 0.5) is 13.6 Å². The number of carbonyl (C=O) groups excluding carboxylic acids is 4. The van der Waals surface area contributed by atoms with Gasteiger partial charge in [-0.05, 0) is 68.8 Å². The molecule has 3 amide bonds. The molecule has 13 heteroatoms. The molecule has 2 heterocycles. The highest BCUT2D eigenvalue weighted by Crippen LogP contribution is 2.36. The van der Waals surface area contributed by atoms with Crippen LogP contribution in [0.15, 0.2) is 24.3 Å². The number of piperidine rings is 2. The second-order valence-electron chi connectivity index (χ2n) is 13.7. The molecule has 10 nitrogen and oxygen atoms in total. The van der Waals surface area contributed by atoms with Gasteiger partial charge in [-0.2, -0.15) is 8.78 Å². The number of halogens is 3. The van der Waals surface area contributed by atoms with E-state index in [1.165, 1.54) is 7.11 Å². The van der Waals surface area contributed by atoms with Crippen LogP contribution in [0, 0.1) is 17.8 Å². The highest BCUT2D eigenvalue weighted by molar-refractivity contribution is 6.30. The van der Waals surface area contributed by atoms with Crippen LogP contribution in [0.5, 0.6) is 0 Å². The van der Waals surface area contributed by atoms with Crippen LogP contribution >= 0.6 is 11.6 Å². The maximum absolute atomic E-state index is 15.5. The molecule has 3 atom stereocenters. The third kappa shape index (κ3) is 11.9. The average molecular weight is 711 g/mol. The standard InChI is InChI=1S/C36H53ClF2N4O6/c1-48-35(47)41-16-21-49-32(27-12-8-14-30(37)23-27)28-13-9-19-43(25-28)31(44)24-29(22-26-10-4-2-5-11-26)33(45)36(38,39)34(46)40-15-20-42-17-6-3-7-18-42/h8,12,14,23,26,28-29,32H,2-7,9-11,13,15-22,24-25H2,1H3,(H,40,46)(H,41,47)/t28-,29-,32+/m1/s1. The molecule has 0 aromatic heterocycles. The van der Waals surface area contributed by atoms with E-state index in [2.05, 4.69) is 20.3 Å². The van der Waals surface area contributed by atoms with Gasteiger partial charge in [0.25, 0.3) is 5.91 Å². The lowest BCUT2D eigenvalue weighted by Gasteiger charge is -2.38. The molecule has 3 fully saturated rings. The Morgan fingerprint density at radius 1 is 0.959 bits per heavy atom. The van der Waals surface area contributed by atoms with Crippen molar-refractivity contribution in [1.82, 2.24) is 20.4 Å². The molecule has 2 saturated heterocycles. The Kier molecular flexibility index (Phi) is 15.5. The lowest BCUT2D eigenvalue weighted by atomic mass is 9.79. The normalized spacial score (nSPS) is 20.7. The molecule has 1 aliphatic carbocycles. The van der Waals surface area contributed by atoms with E-state index in [0.717, 1.165) is 76.4 Å². The Bertz CT molecular complexity index is 1240. The monoisotopic (exact) mass is 710 g/mol. The fourth-order valence-electron chi connectivity index (χ4n) is 7.52. The first kappa shape index (κ1) is 39.0. The molecule has 274 valence electrons. The number of carbonyl (C=O) groups is 4. The molecule has 0 spiro atoms. The van der Waals surface area contributed by atoms with Gasteiger partial charge in [0, 0.05) is 56.0 Å². The van der Waals surface area contributed by atoms with Crippen LogP contribution in [-0.4, -0.2) is 98.9 Å². The number of hydrogen-bond acceptors (Lipinski definition) is 7. The van der Waals surface area contributed by atoms with E-state index in [0.29, 0.717) is 31.1 Å². The van der Waals surface area contributed by atoms with Gasteiger partial charge < -0.3 is 29.9 Å². The van der Waals surface area contributed by atoms with Crippen molar-refractivity contribution in [1.29, 1.82) is 0 Å². The van der Waals surface area contributed by atoms with Crippen molar-refractivity contribution in [3.63, 3.8) is 0 Å². The molecule has 1 aromatic rings. The van der Waals surface area contributed by atoms with E-state index in [1.807, 2.05) is 12.1 Å². The molecule has 0 bridgehead atoms.